The molecule has 3 rings (SSSR count). The van der Waals surface area contributed by atoms with E-state index in [0.29, 0.717) is 0 Å². The van der Waals surface area contributed by atoms with Crippen LogP contribution in [0.25, 0.3) is 22.3 Å². The van der Waals surface area contributed by atoms with Gasteiger partial charge in [-0.3, -0.25) is 0 Å². The Kier molecular flexibility index (Phi) is 3.93. The Labute approximate surface area is 124 Å². The van der Waals surface area contributed by atoms with Crippen LogP contribution in [0.3, 0.4) is 0 Å². The highest BCUT2D eigenvalue weighted by Crippen LogP contribution is 2.31. The standard InChI is InChI=1S/C18H19NO2/c1-3-19-12-15-10-14(8-9-16(15)20-2)18-11-13-6-4-5-7-17(13)21-18/h4-11,19H,3,12H2,1-2H3. The Hall–Kier alpha value is -2.26. The summed E-state index contributed by atoms with van der Waals surface area (Å²) in [5.74, 6) is 1.78. The van der Waals surface area contributed by atoms with Crippen LogP contribution in [-0.4, -0.2) is 13.7 Å². The minimum atomic E-state index is 0.785. The molecular formula is C18H19NO2. The van der Waals surface area contributed by atoms with Gasteiger partial charge in [-0.25, -0.2) is 0 Å². The van der Waals surface area contributed by atoms with E-state index < -0.39 is 0 Å². The van der Waals surface area contributed by atoms with Gasteiger partial charge in [0.15, 0.2) is 0 Å². The van der Waals surface area contributed by atoms with Crippen molar-refractivity contribution >= 4 is 11.0 Å². The van der Waals surface area contributed by atoms with Crippen LogP contribution in [0.15, 0.2) is 52.9 Å². The van der Waals surface area contributed by atoms with Crippen molar-refractivity contribution < 1.29 is 9.15 Å². The fourth-order valence-electron chi connectivity index (χ4n) is 2.45. The monoisotopic (exact) mass is 281 g/mol. The number of methoxy groups -OCH3 is 1. The highest BCUT2D eigenvalue weighted by atomic mass is 16.5. The van der Waals surface area contributed by atoms with Gasteiger partial charge in [-0.1, -0.05) is 25.1 Å². The molecule has 0 fully saturated rings. The fourth-order valence-corrected chi connectivity index (χ4v) is 2.45. The lowest BCUT2D eigenvalue weighted by Crippen LogP contribution is -2.12. The first-order chi connectivity index (χ1) is 10.3. The number of para-hydroxylation sites is 1. The van der Waals surface area contributed by atoms with Gasteiger partial charge >= 0.3 is 0 Å². The third kappa shape index (κ3) is 2.78. The first-order valence-electron chi connectivity index (χ1n) is 7.18. The van der Waals surface area contributed by atoms with Gasteiger partial charge in [-0.2, -0.15) is 0 Å². The summed E-state index contributed by atoms with van der Waals surface area (Å²) in [6, 6.07) is 16.3. The molecule has 21 heavy (non-hydrogen) atoms. The normalized spacial score (nSPS) is 11.0. The van der Waals surface area contributed by atoms with Crippen molar-refractivity contribution in [2.24, 2.45) is 0 Å². The number of hydrogen-bond acceptors (Lipinski definition) is 3. The second kappa shape index (κ2) is 6.02. The zero-order valence-electron chi connectivity index (χ0n) is 12.3. The SMILES string of the molecule is CCNCc1cc(-c2cc3ccccc3o2)ccc1OC. The van der Waals surface area contributed by atoms with E-state index in [1.807, 2.05) is 30.3 Å². The van der Waals surface area contributed by atoms with Crippen molar-refractivity contribution in [2.45, 2.75) is 13.5 Å². The van der Waals surface area contributed by atoms with E-state index in [1.54, 1.807) is 7.11 Å². The predicted molar refractivity (Wildman–Crippen MR) is 85.6 cm³/mol. The Morgan fingerprint density at radius 1 is 1.10 bits per heavy atom. The molecular weight excluding hydrogens is 262 g/mol. The van der Waals surface area contributed by atoms with Gasteiger partial charge < -0.3 is 14.5 Å². The molecule has 1 aromatic heterocycles. The van der Waals surface area contributed by atoms with Crippen LogP contribution < -0.4 is 10.1 Å². The Bertz CT molecular complexity index is 713. The van der Waals surface area contributed by atoms with Crippen molar-refractivity contribution in [2.75, 3.05) is 13.7 Å². The summed E-state index contributed by atoms with van der Waals surface area (Å²) in [6.07, 6.45) is 0. The average molecular weight is 281 g/mol. The molecule has 0 amide bonds. The first kappa shape index (κ1) is 13.7. The van der Waals surface area contributed by atoms with E-state index in [4.69, 9.17) is 9.15 Å². The molecule has 1 heterocycles. The molecule has 0 aliphatic heterocycles. The van der Waals surface area contributed by atoms with Crippen LogP contribution in [0.1, 0.15) is 12.5 Å². The van der Waals surface area contributed by atoms with Gasteiger partial charge in [0.1, 0.15) is 17.1 Å². The largest absolute Gasteiger partial charge is 0.496 e. The number of ether oxygens (including phenoxy) is 1. The third-order valence-electron chi connectivity index (χ3n) is 3.56. The van der Waals surface area contributed by atoms with Crippen LogP contribution >= 0.6 is 0 Å². The number of benzene rings is 2. The van der Waals surface area contributed by atoms with E-state index in [0.717, 1.165) is 46.7 Å². The molecule has 0 aliphatic rings. The maximum absolute atomic E-state index is 5.93. The molecule has 0 atom stereocenters. The number of nitrogens with one attached hydrogen (secondary N) is 1. The lowest BCUT2D eigenvalue weighted by molar-refractivity contribution is 0.408. The summed E-state index contributed by atoms with van der Waals surface area (Å²) in [5, 5.41) is 4.46. The van der Waals surface area contributed by atoms with E-state index in [1.165, 1.54) is 0 Å². The molecule has 1 N–H and O–H groups in total. The van der Waals surface area contributed by atoms with Crippen molar-refractivity contribution in [1.82, 2.24) is 5.32 Å². The second-order valence-electron chi connectivity index (χ2n) is 4.96. The van der Waals surface area contributed by atoms with Gasteiger partial charge in [-0.15, -0.1) is 0 Å². The van der Waals surface area contributed by atoms with E-state index in [2.05, 4.69) is 30.4 Å². The summed E-state index contributed by atoms with van der Waals surface area (Å²) < 4.78 is 11.3. The molecule has 0 saturated heterocycles. The molecule has 2 aromatic carbocycles. The summed E-state index contributed by atoms with van der Waals surface area (Å²) >= 11 is 0. The first-order valence-corrected chi connectivity index (χ1v) is 7.18. The molecule has 3 nitrogen and oxygen atoms in total. The van der Waals surface area contributed by atoms with E-state index >= 15 is 0 Å². The van der Waals surface area contributed by atoms with Gasteiger partial charge in [0.05, 0.1) is 7.11 Å². The highest BCUT2D eigenvalue weighted by Gasteiger charge is 2.09. The molecule has 0 spiro atoms. The zero-order valence-corrected chi connectivity index (χ0v) is 12.3. The van der Waals surface area contributed by atoms with Gasteiger partial charge in [0, 0.05) is 23.1 Å². The molecule has 0 aliphatic carbocycles. The summed E-state index contributed by atoms with van der Waals surface area (Å²) in [7, 11) is 1.70. The third-order valence-corrected chi connectivity index (χ3v) is 3.56. The van der Waals surface area contributed by atoms with Crippen LogP contribution in [0.4, 0.5) is 0 Å². The van der Waals surface area contributed by atoms with E-state index in [9.17, 15) is 0 Å². The number of furan rings is 1. The number of rotatable bonds is 5. The second-order valence-corrected chi connectivity index (χ2v) is 4.96. The van der Waals surface area contributed by atoms with Crippen LogP contribution in [0, 0.1) is 0 Å². The van der Waals surface area contributed by atoms with Gasteiger partial charge in [0.25, 0.3) is 0 Å². The zero-order chi connectivity index (χ0) is 14.7. The van der Waals surface area contributed by atoms with E-state index in [-0.39, 0.29) is 0 Å². The Balaban J connectivity index is 2.01. The minimum Gasteiger partial charge on any atom is -0.496 e. The van der Waals surface area contributed by atoms with Crippen LogP contribution in [0.2, 0.25) is 0 Å². The van der Waals surface area contributed by atoms with Crippen molar-refractivity contribution in [3.63, 3.8) is 0 Å². The Morgan fingerprint density at radius 2 is 1.95 bits per heavy atom. The van der Waals surface area contributed by atoms with Gasteiger partial charge in [0.2, 0.25) is 0 Å². The van der Waals surface area contributed by atoms with Crippen molar-refractivity contribution in [3.8, 4) is 17.1 Å². The quantitative estimate of drug-likeness (QED) is 0.760. The molecule has 0 unspecified atom stereocenters. The van der Waals surface area contributed by atoms with Crippen molar-refractivity contribution in [3.05, 3.63) is 54.1 Å². The molecule has 108 valence electrons. The summed E-state index contributed by atoms with van der Waals surface area (Å²) in [5.41, 5.74) is 3.12. The lowest BCUT2D eigenvalue weighted by Gasteiger charge is -2.10. The topological polar surface area (TPSA) is 34.4 Å². The molecule has 0 bridgehead atoms. The van der Waals surface area contributed by atoms with Crippen LogP contribution in [0.5, 0.6) is 5.75 Å². The average Bonchev–Trinajstić information content (AvgIpc) is 2.96. The number of hydrogen-bond donors (Lipinski definition) is 1. The maximum atomic E-state index is 5.93. The summed E-state index contributed by atoms with van der Waals surface area (Å²) in [6.45, 7) is 3.81. The van der Waals surface area contributed by atoms with Crippen molar-refractivity contribution in [1.29, 1.82) is 0 Å². The highest BCUT2D eigenvalue weighted by molar-refractivity contribution is 5.82. The summed E-state index contributed by atoms with van der Waals surface area (Å²) in [4.78, 5) is 0. The fraction of sp³-hybridized carbons (Fsp3) is 0.222. The molecule has 3 heteroatoms. The predicted octanol–water partition coefficient (Wildman–Crippen LogP) is 4.22. The molecule has 0 radical (unpaired) electrons. The van der Waals surface area contributed by atoms with Gasteiger partial charge in [-0.05, 0) is 36.9 Å². The molecule has 0 saturated carbocycles. The minimum absolute atomic E-state index is 0.785. The maximum Gasteiger partial charge on any atom is 0.135 e. The Morgan fingerprint density at radius 3 is 2.71 bits per heavy atom. The smallest absolute Gasteiger partial charge is 0.135 e. The number of fused-ring (bicyclic) bond motifs is 1. The lowest BCUT2D eigenvalue weighted by atomic mass is 10.1. The van der Waals surface area contributed by atoms with Crippen LogP contribution in [-0.2, 0) is 6.54 Å². The molecule has 3 aromatic rings.